The summed E-state index contributed by atoms with van der Waals surface area (Å²) < 4.78 is 1.36. The number of aliphatic hydroxyl groups is 2. The second-order valence-corrected chi connectivity index (χ2v) is 7.95. The van der Waals surface area contributed by atoms with Crippen molar-refractivity contribution < 1.29 is 15.0 Å². The van der Waals surface area contributed by atoms with Crippen molar-refractivity contribution in [3.8, 4) is 0 Å². The zero-order valence-corrected chi connectivity index (χ0v) is 16.0. The smallest absolute Gasteiger partial charge is 0.220 e. The lowest BCUT2D eigenvalue weighted by atomic mass is 9.82. The summed E-state index contributed by atoms with van der Waals surface area (Å²) in [6.07, 6.45) is 8.80. The van der Waals surface area contributed by atoms with E-state index in [-0.39, 0.29) is 18.2 Å². The minimum Gasteiger partial charge on any atom is -0.390 e. The molecule has 0 aromatic carbocycles. The Morgan fingerprint density at radius 3 is 2.58 bits per heavy atom. The Morgan fingerprint density at radius 1 is 1.31 bits per heavy atom. The highest BCUT2D eigenvalue weighted by Gasteiger charge is 2.31. The number of nitrogens with zero attached hydrogens (tertiary/aromatic N) is 2. The number of carbonyl (C=O) groups is 1. The van der Waals surface area contributed by atoms with Gasteiger partial charge in [0.1, 0.15) is 12.4 Å². The lowest BCUT2D eigenvalue weighted by Gasteiger charge is -2.33. The van der Waals surface area contributed by atoms with Crippen LogP contribution in [0.3, 0.4) is 0 Å². The second kappa shape index (κ2) is 9.92. The molecule has 1 aliphatic rings. The van der Waals surface area contributed by atoms with Gasteiger partial charge in [-0.25, -0.2) is 4.98 Å². The fraction of sp³-hybridized carbons (Fsp3) is 0.789. The lowest BCUT2D eigenvalue weighted by molar-refractivity contribution is -0.124. The molecule has 3 atom stereocenters. The van der Waals surface area contributed by atoms with Crippen LogP contribution in [0.1, 0.15) is 64.5 Å². The highest BCUT2D eigenvalue weighted by Crippen LogP contribution is 2.29. The molecule has 1 aromatic heterocycles. The Balaban J connectivity index is 1.93. The molecule has 1 aromatic rings. The fourth-order valence-corrected chi connectivity index (χ4v) is 3.73. The van der Waals surface area contributed by atoms with E-state index in [1.54, 1.807) is 6.20 Å². The third-order valence-electron chi connectivity index (χ3n) is 5.37. The average molecular weight is 367 g/mol. The van der Waals surface area contributed by atoms with Crippen LogP contribution in [0.2, 0.25) is 0 Å². The molecular formula is C19H34N4O3. The van der Waals surface area contributed by atoms with Crippen molar-refractivity contribution in [1.82, 2.24) is 15.0 Å². The van der Waals surface area contributed by atoms with Crippen LogP contribution in [0.15, 0.2) is 12.5 Å². The third kappa shape index (κ3) is 6.29. The number of amides is 1. The molecule has 1 aliphatic carbocycles. The molecule has 1 amide bonds. The number of carbonyl (C=O) groups excluding carboxylic acids is 1. The fourth-order valence-electron chi connectivity index (χ4n) is 3.73. The van der Waals surface area contributed by atoms with Gasteiger partial charge in [-0.3, -0.25) is 9.47 Å². The third-order valence-corrected chi connectivity index (χ3v) is 5.37. The molecule has 5 N–H and O–H groups in total. The summed E-state index contributed by atoms with van der Waals surface area (Å²) in [5, 5.41) is 23.9. The van der Waals surface area contributed by atoms with E-state index in [9.17, 15) is 15.0 Å². The van der Waals surface area contributed by atoms with Gasteiger partial charge < -0.3 is 21.4 Å². The Kier molecular flexibility index (Phi) is 7.90. The monoisotopic (exact) mass is 366 g/mol. The molecule has 1 saturated carbocycles. The SMILES string of the molecule is CC(C)[C@H](O)[C@H](O)[C@H](CC1CCCCC1)NC(=O)CCc1cn(N)cn1. The number of imidazole rings is 1. The minimum absolute atomic E-state index is 0.0655. The maximum atomic E-state index is 12.4. The quantitative estimate of drug-likeness (QED) is 0.493. The molecule has 0 spiro atoms. The number of nitrogen functional groups attached to an aromatic ring is 1. The van der Waals surface area contributed by atoms with Crippen LogP contribution < -0.4 is 11.2 Å². The largest absolute Gasteiger partial charge is 0.390 e. The predicted molar refractivity (Wildman–Crippen MR) is 101 cm³/mol. The number of aliphatic hydroxyl groups excluding tert-OH is 2. The molecule has 7 nitrogen and oxygen atoms in total. The van der Waals surface area contributed by atoms with Crippen LogP contribution in [0, 0.1) is 11.8 Å². The van der Waals surface area contributed by atoms with Crippen LogP contribution in [-0.2, 0) is 11.2 Å². The summed E-state index contributed by atoms with van der Waals surface area (Å²) in [5.41, 5.74) is 0.759. The highest BCUT2D eigenvalue weighted by molar-refractivity contribution is 5.76. The van der Waals surface area contributed by atoms with E-state index in [4.69, 9.17) is 5.84 Å². The van der Waals surface area contributed by atoms with Crippen LogP contribution in [0.5, 0.6) is 0 Å². The van der Waals surface area contributed by atoms with E-state index in [0.29, 0.717) is 18.8 Å². The van der Waals surface area contributed by atoms with Crippen LogP contribution >= 0.6 is 0 Å². The summed E-state index contributed by atoms with van der Waals surface area (Å²) in [7, 11) is 0. The molecule has 148 valence electrons. The van der Waals surface area contributed by atoms with Gasteiger partial charge >= 0.3 is 0 Å². The van der Waals surface area contributed by atoms with E-state index in [0.717, 1.165) is 18.5 Å². The summed E-state index contributed by atoms with van der Waals surface area (Å²) in [4.78, 5) is 16.5. The average Bonchev–Trinajstić information content (AvgIpc) is 3.04. The van der Waals surface area contributed by atoms with Gasteiger partial charge in [0.2, 0.25) is 5.91 Å². The zero-order valence-electron chi connectivity index (χ0n) is 16.0. The van der Waals surface area contributed by atoms with E-state index in [1.165, 1.54) is 30.3 Å². The molecule has 0 unspecified atom stereocenters. The van der Waals surface area contributed by atoms with Gasteiger partial charge in [-0.05, 0) is 18.3 Å². The molecular weight excluding hydrogens is 332 g/mol. The maximum absolute atomic E-state index is 12.4. The van der Waals surface area contributed by atoms with Crippen molar-refractivity contribution >= 4 is 5.91 Å². The van der Waals surface area contributed by atoms with E-state index >= 15 is 0 Å². The Hall–Kier alpha value is -1.60. The van der Waals surface area contributed by atoms with Crippen molar-refractivity contribution in [3.63, 3.8) is 0 Å². The number of hydrogen-bond acceptors (Lipinski definition) is 5. The number of rotatable bonds is 9. The maximum Gasteiger partial charge on any atom is 0.220 e. The molecule has 2 rings (SSSR count). The molecule has 0 aliphatic heterocycles. The second-order valence-electron chi connectivity index (χ2n) is 7.95. The van der Waals surface area contributed by atoms with E-state index in [1.807, 2.05) is 13.8 Å². The molecule has 26 heavy (non-hydrogen) atoms. The normalized spacial score (nSPS) is 19.3. The summed E-state index contributed by atoms with van der Waals surface area (Å²) in [6, 6.07) is -0.421. The van der Waals surface area contributed by atoms with Gasteiger partial charge in [0, 0.05) is 19.0 Å². The van der Waals surface area contributed by atoms with Gasteiger partial charge in [0.15, 0.2) is 0 Å². The molecule has 7 heteroatoms. The molecule has 0 saturated heterocycles. The number of hydrogen-bond donors (Lipinski definition) is 4. The first-order chi connectivity index (χ1) is 12.4. The van der Waals surface area contributed by atoms with Crippen LogP contribution in [0.4, 0.5) is 0 Å². The highest BCUT2D eigenvalue weighted by atomic mass is 16.3. The van der Waals surface area contributed by atoms with Crippen LogP contribution in [0.25, 0.3) is 0 Å². The molecule has 1 heterocycles. The van der Waals surface area contributed by atoms with Crippen molar-refractivity contribution in [2.75, 3.05) is 5.84 Å². The van der Waals surface area contributed by atoms with E-state index < -0.39 is 18.2 Å². The van der Waals surface area contributed by atoms with Crippen molar-refractivity contribution in [2.45, 2.75) is 83.5 Å². The number of aromatic nitrogens is 2. The first-order valence-corrected chi connectivity index (χ1v) is 9.80. The first-order valence-electron chi connectivity index (χ1n) is 9.80. The molecule has 0 radical (unpaired) electrons. The standard InChI is InChI=1S/C19H34N4O3/c1-13(2)18(25)19(26)16(10-14-6-4-3-5-7-14)22-17(24)9-8-15-11-23(20)12-21-15/h11-14,16,18-19,25-26H,3-10,20H2,1-2H3,(H,22,24)/t16-,18-,19+/m0/s1. The van der Waals surface area contributed by atoms with Crippen molar-refractivity contribution in [2.24, 2.45) is 11.8 Å². The zero-order chi connectivity index (χ0) is 19.1. The minimum atomic E-state index is -0.955. The Labute approximate surface area is 156 Å². The van der Waals surface area contributed by atoms with Gasteiger partial charge in [-0.1, -0.05) is 46.0 Å². The predicted octanol–water partition coefficient (Wildman–Crippen LogP) is 1.36. The van der Waals surface area contributed by atoms with Gasteiger partial charge in [0.05, 0.1) is 17.8 Å². The van der Waals surface area contributed by atoms with Gasteiger partial charge in [-0.2, -0.15) is 0 Å². The van der Waals surface area contributed by atoms with Crippen molar-refractivity contribution in [3.05, 3.63) is 18.2 Å². The summed E-state index contributed by atoms with van der Waals surface area (Å²) in [6.45, 7) is 3.74. The lowest BCUT2D eigenvalue weighted by Crippen LogP contribution is -2.51. The number of nitrogens with two attached hydrogens (primary N) is 1. The summed E-state index contributed by atoms with van der Waals surface area (Å²) in [5.74, 6) is 5.86. The Morgan fingerprint density at radius 2 is 2.00 bits per heavy atom. The molecule has 0 bridgehead atoms. The Bertz CT molecular complexity index is 555. The van der Waals surface area contributed by atoms with Gasteiger partial charge in [-0.15, -0.1) is 0 Å². The van der Waals surface area contributed by atoms with Crippen molar-refractivity contribution in [1.29, 1.82) is 0 Å². The molecule has 1 fully saturated rings. The van der Waals surface area contributed by atoms with Gasteiger partial charge in [0.25, 0.3) is 0 Å². The first kappa shape index (κ1) is 20.7. The van der Waals surface area contributed by atoms with E-state index in [2.05, 4.69) is 10.3 Å². The number of nitrogens with one attached hydrogen (secondary N) is 1. The summed E-state index contributed by atoms with van der Waals surface area (Å²) >= 11 is 0. The topological polar surface area (TPSA) is 113 Å². The number of aryl methyl sites for hydroxylation is 1. The van der Waals surface area contributed by atoms with Crippen LogP contribution in [-0.4, -0.2) is 44.0 Å².